The average molecular weight is 559 g/mol. The molecule has 0 spiro atoms. The third-order valence-electron chi connectivity index (χ3n) is 5.86. The van der Waals surface area contributed by atoms with Crippen molar-refractivity contribution in [3.05, 3.63) is 47.4 Å². The quantitative estimate of drug-likeness (QED) is 0.287. The van der Waals surface area contributed by atoms with E-state index in [9.17, 15) is 31.5 Å². The molecule has 0 radical (unpaired) electrons. The van der Waals surface area contributed by atoms with E-state index in [0.29, 0.717) is 5.56 Å². The van der Waals surface area contributed by atoms with Crippen molar-refractivity contribution in [3.8, 4) is 17.0 Å². The molecule has 2 aromatic rings. The second-order valence-electron chi connectivity index (χ2n) is 10.2. The van der Waals surface area contributed by atoms with Crippen LogP contribution in [-0.2, 0) is 26.9 Å². The van der Waals surface area contributed by atoms with Gasteiger partial charge in [-0.2, -0.15) is 13.2 Å². The summed E-state index contributed by atoms with van der Waals surface area (Å²) in [5.41, 5.74) is -1.29. The molecule has 214 valence electrons. The van der Waals surface area contributed by atoms with E-state index in [0.717, 1.165) is 23.1 Å². The number of pyridine rings is 1. The van der Waals surface area contributed by atoms with Gasteiger partial charge in [-0.1, -0.05) is 6.07 Å². The maximum Gasteiger partial charge on any atom is 0.433 e. The highest BCUT2D eigenvalue weighted by molar-refractivity contribution is 5.88. The summed E-state index contributed by atoms with van der Waals surface area (Å²) in [6.07, 6.45) is -7.11. The van der Waals surface area contributed by atoms with Gasteiger partial charge >= 0.3 is 12.3 Å². The lowest BCUT2D eigenvalue weighted by Crippen LogP contribution is -2.43. The number of benzene rings is 1. The van der Waals surface area contributed by atoms with Crippen molar-refractivity contribution in [2.45, 2.75) is 64.0 Å². The van der Waals surface area contributed by atoms with Crippen LogP contribution in [0, 0.1) is 5.82 Å². The molecule has 2 atom stereocenters. The predicted octanol–water partition coefficient (Wildman–Crippen LogP) is 5.78. The molecule has 12 heteroatoms. The summed E-state index contributed by atoms with van der Waals surface area (Å²) >= 11 is 0. The Morgan fingerprint density at radius 1 is 1.10 bits per heavy atom. The Morgan fingerprint density at radius 3 is 2.46 bits per heavy atom. The zero-order valence-electron chi connectivity index (χ0n) is 22.1. The minimum atomic E-state index is -4.71. The summed E-state index contributed by atoms with van der Waals surface area (Å²) in [5.74, 6) is -1.44. The van der Waals surface area contributed by atoms with Crippen molar-refractivity contribution in [1.29, 1.82) is 0 Å². The van der Waals surface area contributed by atoms with E-state index in [4.69, 9.17) is 14.2 Å². The van der Waals surface area contributed by atoms with Gasteiger partial charge in [-0.05, 0) is 62.6 Å². The number of ether oxygens (including phenoxy) is 3. The molecule has 0 unspecified atom stereocenters. The Kier molecular flexibility index (Phi) is 9.52. The predicted molar refractivity (Wildman–Crippen MR) is 132 cm³/mol. The zero-order valence-corrected chi connectivity index (χ0v) is 22.1. The van der Waals surface area contributed by atoms with Gasteiger partial charge in [0.25, 0.3) is 0 Å². The highest BCUT2D eigenvalue weighted by Gasteiger charge is 2.41. The van der Waals surface area contributed by atoms with E-state index in [1.165, 1.54) is 19.2 Å². The summed E-state index contributed by atoms with van der Waals surface area (Å²) in [6.45, 7) is 4.72. The van der Waals surface area contributed by atoms with Gasteiger partial charge in [-0.25, -0.2) is 18.6 Å². The number of halogens is 5. The molecule has 2 heterocycles. The van der Waals surface area contributed by atoms with Crippen molar-refractivity contribution in [2.24, 2.45) is 0 Å². The minimum absolute atomic E-state index is 0.0487. The first kappa shape index (κ1) is 30.3. The number of hydrogen-bond donors (Lipinski definition) is 0. The summed E-state index contributed by atoms with van der Waals surface area (Å²) in [6, 6.07) is 4.72. The molecular formula is C27H31F5N2O5. The van der Waals surface area contributed by atoms with Crippen LogP contribution in [0.25, 0.3) is 11.1 Å². The lowest BCUT2D eigenvalue weighted by Gasteiger charge is -2.27. The molecule has 0 saturated carbocycles. The number of Topliss-reactive ketones (excluding diaryl/α,β-unsaturated/α-hetero) is 1. The molecule has 1 aromatic heterocycles. The highest BCUT2D eigenvalue weighted by atomic mass is 19.4. The van der Waals surface area contributed by atoms with Crippen molar-refractivity contribution in [2.75, 3.05) is 26.9 Å². The molecular weight excluding hydrogens is 527 g/mol. The number of likely N-dealkylation sites (tertiary alicyclic amines) is 1. The van der Waals surface area contributed by atoms with Gasteiger partial charge < -0.3 is 14.2 Å². The Labute approximate surface area is 223 Å². The maximum atomic E-state index is 14.6. The molecule has 1 fully saturated rings. The van der Waals surface area contributed by atoms with E-state index in [-0.39, 0.29) is 56.0 Å². The lowest BCUT2D eigenvalue weighted by atomic mass is 9.98. The number of aromatic nitrogens is 1. The van der Waals surface area contributed by atoms with Crippen LogP contribution in [-0.4, -0.2) is 66.4 Å². The number of hydrogen-bond acceptors (Lipinski definition) is 6. The number of rotatable bonds is 9. The molecule has 1 aromatic carbocycles. The van der Waals surface area contributed by atoms with Crippen LogP contribution in [0.1, 0.15) is 44.9 Å². The Hall–Kier alpha value is -3.28. The first-order valence-corrected chi connectivity index (χ1v) is 12.3. The SMILES string of the molecule is COCCOc1nc(C(F)(F)F)ccc1-c1cc(F)cc(CCC(=O)[C@@H]2C[C@@H](F)CN2C(=O)OC(C)(C)C)c1. The van der Waals surface area contributed by atoms with E-state index in [2.05, 4.69) is 4.98 Å². The zero-order chi connectivity index (χ0) is 29.0. The van der Waals surface area contributed by atoms with Crippen LogP contribution < -0.4 is 4.74 Å². The van der Waals surface area contributed by atoms with Gasteiger partial charge in [-0.3, -0.25) is 9.69 Å². The second kappa shape index (κ2) is 12.3. The highest BCUT2D eigenvalue weighted by Crippen LogP contribution is 2.35. The first-order chi connectivity index (χ1) is 18.2. The number of carbonyl (C=O) groups excluding carboxylic acids is 2. The molecule has 1 saturated heterocycles. The molecule has 39 heavy (non-hydrogen) atoms. The van der Waals surface area contributed by atoms with Crippen LogP contribution >= 0.6 is 0 Å². The fourth-order valence-corrected chi connectivity index (χ4v) is 4.15. The second-order valence-corrected chi connectivity index (χ2v) is 10.2. The standard InChI is InChI=1S/C27H31F5N2O5/c1-26(2,3)39-25(36)34-15-19(29)14-21(34)22(35)7-5-16-11-17(13-18(28)12-16)20-6-8-23(27(30,31)32)33-24(20)38-10-9-37-4/h6,8,11-13,19,21H,5,7,9-10,14-15H2,1-4H3/t19-,21+/m1/s1. The van der Waals surface area contributed by atoms with E-state index < -0.39 is 47.4 Å². The van der Waals surface area contributed by atoms with Crippen molar-refractivity contribution in [3.63, 3.8) is 0 Å². The van der Waals surface area contributed by atoms with E-state index >= 15 is 0 Å². The van der Waals surface area contributed by atoms with Crippen LogP contribution in [0.2, 0.25) is 0 Å². The number of ketones is 1. The number of aryl methyl sites for hydroxylation is 1. The number of nitrogens with zero attached hydrogens (tertiary/aromatic N) is 2. The molecule has 1 amide bonds. The average Bonchev–Trinajstić information content (AvgIpc) is 3.23. The normalized spacial score (nSPS) is 17.8. The van der Waals surface area contributed by atoms with Gasteiger partial charge in [0.1, 0.15) is 29.9 Å². The molecule has 1 aliphatic rings. The van der Waals surface area contributed by atoms with Crippen LogP contribution in [0.15, 0.2) is 30.3 Å². The number of amides is 1. The van der Waals surface area contributed by atoms with Crippen LogP contribution in [0.4, 0.5) is 26.7 Å². The van der Waals surface area contributed by atoms with Crippen molar-refractivity contribution in [1.82, 2.24) is 9.88 Å². The van der Waals surface area contributed by atoms with Crippen molar-refractivity contribution < 1.29 is 45.8 Å². The Morgan fingerprint density at radius 2 is 1.82 bits per heavy atom. The largest absolute Gasteiger partial charge is 0.475 e. The van der Waals surface area contributed by atoms with Gasteiger partial charge in [0, 0.05) is 25.5 Å². The number of alkyl halides is 4. The monoisotopic (exact) mass is 558 g/mol. The topological polar surface area (TPSA) is 78.0 Å². The fourth-order valence-electron chi connectivity index (χ4n) is 4.15. The molecule has 7 nitrogen and oxygen atoms in total. The number of methoxy groups -OCH3 is 1. The van der Waals surface area contributed by atoms with Crippen molar-refractivity contribution >= 4 is 11.9 Å². The third-order valence-corrected chi connectivity index (χ3v) is 5.86. The molecule has 3 rings (SSSR count). The van der Waals surface area contributed by atoms with Gasteiger partial charge in [0.2, 0.25) is 5.88 Å². The van der Waals surface area contributed by atoms with Crippen LogP contribution in [0.5, 0.6) is 5.88 Å². The lowest BCUT2D eigenvalue weighted by molar-refractivity contribution is -0.141. The maximum absolute atomic E-state index is 14.6. The molecule has 1 aliphatic heterocycles. The fraction of sp³-hybridized carbons (Fsp3) is 0.519. The van der Waals surface area contributed by atoms with Gasteiger partial charge in [-0.15, -0.1) is 0 Å². The smallest absolute Gasteiger partial charge is 0.433 e. The first-order valence-electron chi connectivity index (χ1n) is 12.3. The number of carbonyl (C=O) groups is 2. The van der Waals surface area contributed by atoms with Crippen LogP contribution in [0.3, 0.4) is 0 Å². The molecule has 0 N–H and O–H groups in total. The minimum Gasteiger partial charge on any atom is -0.475 e. The Balaban J connectivity index is 1.80. The van der Waals surface area contributed by atoms with E-state index in [1.807, 2.05) is 0 Å². The summed E-state index contributed by atoms with van der Waals surface area (Å²) < 4.78 is 83.9. The van der Waals surface area contributed by atoms with Gasteiger partial charge in [0.05, 0.1) is 19.2 Å². The van der Waals surface area contributed by atoms with E-state index in [1.54, 1.807) is 20.8 Å². The van der Waals surface area contributed by atoms with Gasteiger partial charge in [0.15, 0.2) is 5.78 Å². The molecule has 0 aliphatic carbocycles. The summed E-state index contributed by atoms with van der Waals surface area (Å²) in [5, 5.41) is 0. The molecule has 0 bridgehead atoms. The Bertz CT molecular complexity index is 1180. The summed E-state index contributed by atoms with van der Waals surface area (Å²) in [7, 11) is 1.40. The third kappa shape index (κ3) is 8.35. The summed E-state index contributed by atoms with van der Waals surface area (Å²) in [4.78, 5) is 30.1.